The summed E-state index contributed by atoms with van der Waals surface area (Å²) in [5.74, 6) is 2.33. The highest BCUT2D eigenvalue weighted by Crippen LogP contribution is 2.50. The van der Waals surface area contributed by atoms with E-state index in [0.29, 0.717) is 17.8 Å². The van der Waals surface area contributed by atoms with Crippen LogP contribution in [0.4, 0.5) is 0 Å². The van der Waals surface area contributed by atoms with E-state index in [1.54, 1.807) is 0 Å². The van der Waals surface area contributed by atoms with Gasteiger partial charge in [-0.2, -0.15) is 0 Å². The zero-order valence-electron chi connectivity index (χ0n) is 11.6. The molecule has 3 nitrogen and oxygen atoms in total. The maximum atomic E-state index is 11.9. The van der Waals surface area contributed by atoms with Gasteiger partial charge in [-0.25, -0.2) is 0 Å². The van der Waals surface area contributed by atoms with E-state index in [1.165, 1.54) is 12.8 Å². The van der Waals surface area contributed by atoms with Gasteiger partial charge in [-0.05, 0) is 43.9 Å². The van der Waals surface area contributed by atoms with Crippen LogP contribution in [0.3, 0.4) is 0 Å². The standard InChI is InChI=1S/C15H24O3/c1-8-4-6-12-10(3)14(16)18-15-13(12)11(8)7-5-9(2)17-15/h8-13,15H,4-7H2,1-3H3/t8-,9?,10?,11?,12?,13?,15?/m1/s1. The summed E-state index contributed by atoms with van der Waals surface area (Å²) in [6.45, 7) is 6.49. The molecule has 0 aromatic heterocycles. The van der Waals surface area contributed by atoms with Gasteiger partial charge in [0.25, 0.3) is 0 Å². The summed E-state index contributed by atoms with van der Waals surface area (Å²) < 4.78 is 11.6. The van der Waals surface area contributed by atoms with E-state index in [4.69, 9.17) is 9.47 Å². The van der Waals surface area contributed by atoms with Crippen LogP contribution in [0.25, 0.3) is 0 Å². The van der Waals surface area contributed by atoms with Crippen molar-refractivity contribution >= 4 is 5.97 Å². The first-order chi connectivity index (χ1) is 8.58. The number of rotatable bonds is 0. The molecule has 3 rings (SSSR count). The van der Waals surface area contributed by atoms with Gasteiger partial charge < -0.3 is 9.47 Å². The normalized spacial score (nSPS) is 52.2. The monoisotopic (exact) mass is 252 g/mol. The Morgan fingerprint density at radius 3 is 2.50 bits per heavy atom. The number of ether oxygens (including phenoxy) is 2. The molecule has 6 unspecified atom stereocenters. The highest BCUT2D eigenvalue weighted by molar-refractivity contribution is 5.73. The molecule has 0 amide bonds. The highest BCUT2D eigenvalue weighted by Gasteiger charge is 2.52. The molecule has 2 heterocycles. The molecule has 0 radical (unpaired) electrons. The van der Waals surface area contributed by atoms with Crippen molar-refractivity contribution in [3.8, 4) is 0 Å². The van der Waals surface area contributed by atoms with E-state index < -0.39 is 0 Å². The summed E-state index contributed by atoms with van der Waals surface area (Å²) in [6, 6.07) is 0. The van der Waals surface area contributed by atoms with E-state index in [1.807, 2.05) is 6.92 Å². The van der Waals surface area contributed by atoms with Crippen molar-refractivity contribution in [1.82, 2.24) is 0 Å². The third kappa shape index (κ3) is 1.87. The van der Waals surface area contributed by atoms with Gasteiger partial charge >= 0.3 is 5.97 Å². The van der Waals surface area contributed by atoms with Gasteiger partial charge in [-0.15, -0.1) is 0 Å². The molecular weight excluding hydrogens is 228 g/mol. The van der Waals surface area contributed by atoms with Crippen molar-refractivity contribution in [3.63, 3.8) is 0 Å². The van der Waals surface area contributed by atoms with Crippen LogP contribution in [0, 0.1) is 29.6 Å². The summed E-state index contributed by atoms with van der Waals surface area (Å²) in [5.41, 5.74) is 0. The molecule has 3 aliphatic rings. The fourth-order valence-corrected chi connectivity index (χ4v) is 4.34. The number of hydrogen-bond donors (Lipinski definition) is 0. The average Bonchev–Trinajstić information content (AvgIpc) is 2.49. The lowest BCUT2D eigenvalue weighted by Crippen LogP contribution is -2.51. The summed E-state index contributed by atoms with van der Waals surface area (Å²) in [4.78, 5) is 11.9. The van der Waals surface area contributed by atoms with Gasteiger partial charge in [0.2, 0.25) is 6.29 Å². The van der Waals surface area contributed by atoms with E-state index in [0.717, 1.165) is 18.8 Å². The summed E-state index contributed by atoms with van der Waals surface area (Å²) in [7, 11) is 0. The molecule has 0 spiro atoms. The maximum Gasteiger partial charge on any atom is 0.311 e. The Kier molecular flexibility index (Phi) is 3.13. The van der Waals surface area contributed by atoms with Gasteiger partial charge in [0.15, 0.2) is 0 Å². The number of esters is 1. The van der Waals surface area contributed by atoms with Crippen molar-refractivity contribution < 1.29 is 14.3 Å². The summed E-state index contributed by atoms with van der Waals surface area (Å²) in [6.07, 6.45) is 4.68. The third-order valence-electron chi connectivity index (χ3n) is 5.51. The van der Waals surface area contributed by atoms with Crippen LogP contribution < -0.4 is 0 Å². The Morgan fingerprint density at radius 1 is 1.00 bits per heavy atom. The molecule has 3 fully saturated rings. The minimum Gasteiger partial charge on any atom is -0.435 e. The summed E-state index contributed by atoms with van der Waals surface area (Å²) in [5, 5.41) is 0. The van der Waals surface area contributed by atoms with Crippen molar-refractivity contribution in [2.45, 2.75) is 58.8 Å². The van der Waals surface area contributed by atoms with Gasteiger partial charge in [-0.3, -0.25) is 4.79 Å². The first kappa shape index (κ1) is 12.5. The van der Waals surface area contributed by atoms with Crippen LogP contribution in [0.1, 0.15) is 46.5 Å². The fourth-order valence-electron chi connectivity index (χ4n) is 4.34. The van der Waals surface area contributed by atoms with Gasteiger partial charge in [-0.1, -0.05) is 20.3 Å². The van der Waals surface area contributed by atoms with Gasteiger partial charge in [0, 0.05) is 5.92 Å². The lowest BCUT2D eigenvalue weighted by molar-refractivity contribution is -0.240. The third-order valence-corrected chi connectivity index (χ3v) is 5.51. The maximum absolute atomic E-state index is 11.9. The average molecular weight is 252 g/mol. The van der Waals surface area contributed by atoms with E-state index in [2.05, 4.69) is 13.8 Å². The Balaban J connectivity index is 1.92. The van der Waals surface area contributed by atoms with Crippen molar-refractivity contribution in [3.05, 3.63) is 0 Å². The SMILES string of the molecule is CC1CCC2C3C(OC(=O)C(C)C3CC[C@H]2C)O1. The zero-order chi connectivity index (χ0) is 12.9. The fraction of sp³-hybridized carbons (Fsp3) is 0.933. The summed E-state index contributed by atoms with van der Waals surface area (Å²) >= 11 is 0. The van der Waals surface area contributed by atoms with E-state index >= 15 is 0 Å². The van der Waals surface area contributed by atoms with Crippen molar-refractivity contribution in [2.24, 2.45) is 29.6 Å². The predicted octanol–water partition coefficient (Wildman–Crippen LogP) is 2.98. The molecule has 0 aromatic carbocycles. The number of carbonyl (C=O) groups is 1. The van der Waals surface area contributed by atoms with Crippen LogP contribution in [-0.4, -0.2) is 18.4 Å². The minimum absolute atomic E-state index is 0.0522. The van der Waals surface area contributed by atoms with Crippen LogP contribution in [0.5, 0.6) is 0 Å². The Labute approximate surface area is 109 Å². The van der Waals surface area contributed by atoms with E-state index in [-0.39, 0.29) is 24.3 Å². The van der Waals surface area contributed by atoms with Crippen molar-refractivity contribution in [2.75, 3.05) is 0 Å². The molecule has 7 atom stereocenters. The Morgan fingerprint density at radius 2 is 1.72 bits per heavy atom. The largest absolute Gasteiger partial charge is 0.435 e. The van der Waals surface area contributed by atoms with Crippen molar-refractivity contribution in [1.29, 1.82) is 0 Å². The van der Waals surface area contributed by atoms with Gasteiger partial charge in [0.05, 0.1) is 12.0 Å². The second kappa shape index (κ2) is 4.52. The Hall–Kier alpha value is -0.570. The highest BCUT2D eigenvalue weighted by atomic mass is 16.7. The lowest BCUT2D eigenvalue weighted by Gasteiger charge is -2.48. The molecular formula is C15H24O3. The molecule has 0 aromatic rings. The van der Waals surface area contributed by atoms with Crippen LogP contribution in [-0.2, 0) is 14.3 Å². The molecule has 102 valence electrons. The number of carbonyl (C=O) groups excluding carboxylic acids is 1. The molecule has 2 saturated heterocycles. The van der Waals surface area contributed by atoms with Crippen LogP contribution in [0.2, 0.25) is 0 Å². The van der Waals surface area contributed by atoms with Crippen LogP contribution in [0.15, 0.2) is 0 Å². The molecule has 1 aliphatic carbocycles. The molecule has 0 bridgehead atoms. The first-order valence-electron chi connectivity index (χ1n) is 7.44. The Bertz CT molecular complexity index is 341. The van der Waals surface area contributed by atoms with Gasteiger partial charge in [0.1, 0.15) is 0 Å². The molecule has 3 heteroatoms. The first-order valence-corrected chi connectivity index (χ1v) is 7.44. The molecule has 2 aliphatic heterocycles. The number of hydrogen-bond acceptors (Lipinski definition) is 3. The second-order valence-corrected chi connectivity index (χ2v) is 6.58. The second-order valence-electron chi connectivity index (χ2n) is 6.58. The molecule has 18 heavy (non-hydrogen) atoms. The predicted molar refractivity (Wildman–Crippen MR) is 67.7 cm³/mol. The zero-order valence-corrected chi connectivity index (χ0v) is 11.6. The topological polar surface area (TPSA) is 35.5 Å². The van der Waals surface area contributed by atoms with E-state index in [9.17, 15) is 4.79 Å². The molecule has 0 N–H and O–H groups in total. The van der Waals surface area contributed by atoms with Crippen LogP contribution >= 0.6 is 0 Å². The lowest BCUT2D eigenvalue weighted by atomic mass is 9.61. The minimum atomic E-state index is -0.274. The quantitative estimate of drug-likeness (QED) is 0.622. The molecule has 1 saturated carbocycles. The smallest absolute Gasteiger partial charge is 0.311 e.